The molecule has 4 rings (SSSR count). The van der Waals surface area contributed by atoms with Crippen molar-refractivity contribution in [2.75, 3.05) is 6.54 Å². The number of likely N-dealkylation sites (N-methyl/N-ethyl adjacent to an activating group) is 1. The molecule has 8 heteroatoms. The van der Waals surface area contributed by atoms with Crippen LogP contribution < -0.4 is 11.1 Å². The summed E-state index contributed by atoms with van der Waals surface area (Å²) < 4.78 is 2.68. The van der Waals surface area contributed by atoms with Crippen LogP contribution in [0.1, 0.15) is 17.4 Å². The van der Waals surface area contributed by atoms with Crippen molar-refractivity contribution in [1.82, 2.24) is 14.0 Å². The smallest absolute Gasteiger partial charge is 0.317 e. The van der Waals surface area contributed by atoms with Gasteiger partial charge in [0.25, 0.3) is 0 Å². The molecular formula is C24H22ClN3O3S. The van der Waals surface area contributed by atoms with E-state index in [1.54, 1.807) is 34.4 Å². The zero-order valence-electron chi connectivity index (χ0n) is 17.5. The van der Waals surface area contributed by atoms with Gasteiger partial charge in [-0.2, -0.15) is 0 Å². The Morgan fingerprint density at radius 3 is 2.41 bits per heavy atom. The van der Waals surface area contributed by atoms with E-state index < -0.39 is 11.1 Å². The summed E-state index contributed by atoms with van der Waals surface area (Å²) in [6.45, 7) is 2.87. The molecule has 0 saturated carbocycles. The number of thiophene rings is 1. The van der Waals surface area contributed by atoms with Crippen molar-refractivity contribution < 1.29 is 4.79 Å². The minimum Gasteiger partial charge on any atom is -0.336 e. The number of nitrogens with zero attached hydrogens (tertiary/aromatic N) is 3. The Bertz CT molecular complexity index is 1360. The predicted octanol–water partition coefficient (Wildman–Crippen LogP) is 3.98. The molecule has 0 N–H and O–H groups in total. The lowest BCUT2D eigenvalue weighted by Crippen LogP contribution is -2.44. The van der Waals surface area contributed by atoms with Crippen LogP contribution in [0.15, 0.2) is 75.6 Å². The van der Waals surface area contributed by atoms with Gasteiger partial charge in [-0.15, -0.1) is 11.3 Å². The molecule has 0 aliphatic heterocycles. The SMILES string of the molecule is CCN(Cc1cccs1)C(=O)Cn1c(=O)c(=O)n(Cc2ccccc2)c2ccc(Cl)cc21. The molecule has 6 nitrogen and oxygen atoms in total. The van der Waals surface area contributed by atoms with Crippen LogP contribution in [-0.2, 0) is 24.4 Å². The highest BCUT2D eigenvalue weighted by Crippen LogP contribution is 2.19. The standard InChI is InChI=1S/C24H22ClN3O3S/c1-2-26(15-19-9-6-12-32-19)22(29)16-28-21-13-18(25)10-11-20(21)27(23(30)24(28)31)14-17-7-4-3-5-8-17/h3-13H,2,14-16H2,1H3. The number of fused-ring (bicyclic) bond motifs is 1. The van der Waals surface area contributed by atoms with Crippen LogP contribution in [0, 0.1) is 0 Å². The van der Waals surface area contributed by atoms with Crippen LogP contribution in [0.5, 0.6) is 0 Å². The summed E-state index contributed by atoms with van der Waals surface area (Å²) in [5, 5.41) is 2.38. The van der Waals surface area contributed by atoms with Crippen LogP contribution in [-0.4, -0.2) is 26.5 Å². The molecule has 0 bridgehead atoms. The van der Waals surface area contributed by atoms with Gasteiger partial charge in [-0.1, -0.05) is 48.0 Å². The quantitative estimate of drug-likeness (QED) is 0.386. The van der Waals surface area contributed by atoms with Crippen molar-refractivity contribution in [1.29, 1.82) is 0 Å². The Balaban J connectivity index is 1.76. The first-order valence-electron chi connectivity index (χ1n) is 10.2. The summed E-state index contributed by atoms with van der Waals surface area (Å²) in [7, 11) is 0. The second kappa shape index (κ2) is 9.54. The van der Waals surface area contributed by atoms with Crippen molar-refractivity contribution in [3.8, 4) is 0 Å². The summed E-state index contributed by atoms with van der Waals surface area (Å²) in [5.74, 6) is -0.232. The van der Waals surface area contributed by atoms with Crippen molar-refractivity contribution in [3.05, 3.63) is 102 Å². The molecule has 4 aromatic rings. The lowest BCUT2D eigenvalue weighted by atomic mass is 10.2. The Morgan fingerprint density at radius 1 is 0.969 bits per heavy atom. The molecule has 2 aromatic heterocycles. The van der Waals surface area contributed by atoms with E-state index in [1.807, 2.05) is 54.8 Å². The lowest BCUT2D eigenvalue weighted by Gasteiger charge is -2.22. The van der Waals surface area contributed by atoms with Gasteiger partial charge in [0.2, 0.25) is 5.91 Å². The molecule has 0 atom stereocenters. The Hall–Kier alpha value is -3.16. The van der Waals surface area contributed by atoms with Gasteiger partial charge in [-0.25, -0.2) is 0 Å². The molecule has 0 aliphatic carbocycles. The molecule has 0 unspecified atom stereocenters. The molecule has 2 heterocycles. The Labute approximate surface area is 193 Å². The third kappa shape index (κ3) is 4.54. The van der Waals surface area contributed by atoms with Crippen LogP contribution in [0.4, 0.5) is 0 Å². The average molecular weight is 468 g/mol. The summed E-state index contributed by atoms with van der Waals surface area (Å²) >= 11 is 7.79. The van der Waals surface area contributed by atoms with E-state index in [0.717, 1.165) is 10.4 Å². The van der Waals surface area contributed by atoms with Crippen molar-refractivity contribution in [3.63, 3.8) is 0 Å². The van der Waals surface area contributed by atoms with Crippen molar-refractivity contribution >= 4 is 39.9 Å². The summed E-state index contributed by atoms with van der Waals surface area (Å²) in [6, 6.07) is 18.4. The van der Waals surface area contributed by atoms with Gasteiger partial charge in [0, 0.05) is 16.4 Å². The van der Waals surface area contributed by atoms with Crippen LogP contribution in [0.2, 0.25) is 5.02 Å². The van der Waals surface area contributed by atoms with E-state index in [0.29, 0.717) is 29.1 Å². The number of hydrogen-bond acceptors (Lipinski definition) is 4. The number of rotatable bonds is 7. The Morgan fingerprint density at radius 2 is 1.72 bits per heavy atom. The Kier molecular flexibility index (Phi) is 6.58. The summed E-state index contributed by atoms with van der Waals surface area (Å²) in [6.07, 6.45) is 0. The molecule has 0 saturated heterocycles. The topological polar surface area (TPSA) is 64.3 Å². The minimum atomic E-state index is -0.740. The summed E-state index contributed by atoms with van der Waals surface area (Å²) in [4.78, 5) is 41.9. The molecule has 0 spiro atoms. The maximum atomic E-state index is 13.1. The first-order chi connectivity index (χ1) is 15.5. The zero-order chi connectivity index (χ0) is 22.7. The van der Waals surface area contributed by atoms with Gasteiger partial charge >= 0.3 is 11.1 Å². The van der Waals surface area contributed by atoms with E-state index >= 15 is 0 Å². The van der Waals surface area contributed by atoms with E-state index in [9.17, 15) is 14.4 Å². The average Bonchev–Trinajstić information content (AvgIpc) is 3.32. The molecular weight excluding hydrogens is 446 g/mol. The van der Waals surface area contributed by atoms with E-state index in [2.05, 4.69) is 0 Å². The van der Waals surface area contributed by atoms with Gasteiger partial charge in [0.05, 0.1) is 24.1 Å². The van der Waals surface area contributed by atoms with Crippen molar-refractivity contribution in [2.24, 2.45) is 0 Å². The maximum Gasteiger partial charge on any atom is 0.317 e. The fourth-order valence-corrected chi connectivity index (χ4v) is 4.56. The van der Waals surface area contributed by atoms with Gasteiger partial charge in [0.1, 0.15) is 6.54 Å². The fourth-order valence-electron chi connectivity index (χ4n) is 3.67. The third-order valence-electron chi connectivity index (χ3n) is 5.33. The number of amides is 1. The molecule has 0 fully saturated rings. The van der Waals surface area contributed by atoms with E-state index in [1.165, 1.54) is 9.13 Å². The normalized spacial score (nSPS) is 11.1. The highest BCUT2D eigenvalue weighted by atomic mass is 35.5. The van der Waals surface area contributed by atoms with E-state index in [-0.39, 0.29) is 19.0 Å². The van der Waals surface area contributed by atoms with Gasteiger partial charge < -0.3 is 4.90 Å². The number of halogens is 1. The number of carbonyl (C=O) groups excluding carboxylic acids is 1. The lowest BCUT2D eigenvalue weighted by molar-refractivity contribution is -0.132. The first-order valence-corrected chi connectivity index (χ1v) is 11.5. The predicted molar refractivity (Wildman–Crippen MR) is 128 cm³/mol. The van der Waals surface area contributed by atoms with E-state index in [4.69, 9.17) is 11.6 Å². The second-order valence-electron chi connectivity index (χ2n) is 7.39. The zero-order valence-corrected chi connectivity index (χ0v) is 19.1. The number of hydrogen-bond donors (Lipinski definition) is 0. The number of aromatic nitrogens is 2. The summed E-state index contributed by atoms with van der Waals surface area (Å²) in [5.41, 5.74) is 0.497. The highest BCUT2D eigenvalue weighted by molar-refractivity contribution is 7.09. The molecule has 2 aromatic carbocycles. The largest absolute Gasteiger partial charge is 0.336 e. The second-order valence-corrected chi connectivity index (χ2v) is 8.86. The third-order valence-corrected chi connectivity index (χ3v) is 6.43. The van der Waals surface area contributed by atoms with Gasteiger partial charge in [0.15, 0.2) is 0 Å². The molecule has 0 radical (unpaired) electrons. The van der Waals surface area contributed by atoms with Crippen LogP contribution in [0.25, 0.3) is 11.0 Å². The molecule has 0 aliphatic rings. The molecule has 164 valence electrons. The van der Waals surface area contributed by atoms with Crippen LogP contribution >= 0.6 is 22.9 Å². The molecule has 32 heavy (non-hydrogen) atoms. The van der Waals surface area contributed by atoms with Crippen LogP contribution in [0.3, 0.4) is 0 Å². The molecule has 1 amide bonds. The maximum absolute atomic E-state index is 13.1. The first kappa shape index (κ1) is 22.0. The minimum absolute atomic E-state index is 0.226. The highest BCUT2D eigenvalue weighted by Gasteiger charge is 2.19. The monoisotopic (exact) mass is 467 g/mol. The number of carbonyl (C=O) groups is 1. The number of benzene rings is 2. The van der Waals surface area contributed by atoms with Crippen molar-refractivity contribution in [2.45, 2.75) is 26.6 Å². The van der Waals surface area contributed by atoms with Gasteiger partial charge in [-0.3, -0.25) is 23.5 Å². The fraction of sp³-hybridized carbons (Fsp3) is 0.208. The van der Waals surface area contributed by atoms with Gasteiger partial charge in [-0.05, 0) is 42.1 Å².